The second-order valence-electron chi connectivity index (χ2n) is 3.35. The van der Waals surface area contributed by atoms with E-state index in [1.165, 1.54) is 18.1 Å². The maximum atomic E-state index is 11.6. The summed E-state index contributed by atoms with van der Waals surface area (Å²) in [5.74, 6) is 0.791. The molecular weight excluding hydrogens is 260 g/mol. The van der Waals surface area contributed by atoms with Gasteiger partial charge in [0.05, 0.1) is 16.8 Å². The van der Waals surface area contributed by atoms with E-state index >= 15 is 0 Å². The normalized spacial score (nSPS) is 15.1. The third-order valence-corrected chi connectivity index (χ3v) is 3.08. The van der Waals surface area contributed by atoms with E-state index in [0.717, 1.165) is 23.4 Å². The van der Waals surface area contributed by atoms with E-state index in [-0.39, 0.29) is 16.2 Å². The predicted octanol–water partition coefficient (Wildman–Crippen LogP) is 0.0237. The Morgan fingerprint density at radius 2 is 1.83 bits per heavy atom. The number of carbonyl (C=O) groups excluding carboxylic acids is 2. The van der Waals surface area contributed by atoms with Gasteiger partial charge in [-0.2, -0.15) is 18.5 Å². The van der Waals surface area contributed by atoms with Gasteiger partial charge in [-0.05, 0) is 24.3 Å². The average molecular weight is 266 g/mol. The first-order valence-corrected chi connectivity index (χ1v) is 6.08. The van der Waals surface area contributed by atoms with Gasteiger partial charge in [-0.15, -0.1) is 0 Å². The lowest BCUT2D eigenvalue weighted by Crippen LogP contribution is -2.21. The fourth-order valence-corrected chi connectivity index (χ4v) is 1.83. The maximum Gasteiger partial charge on any atom is 0.294 e. The van der Waals surface area contributed by atoms with Crippen molar-refractivity contribution in [3.8, 4) is 0 Å². The zero-order valence-electron chi connectivity index (χ0n) is 8.77. The molecule has 1 aromatic rings. The van der Waals surface area contributed by atoms with Gasteiger partial charge in [-0.25, -0.2) is 4.79 Å². The molecule has 0 saturated carbocycles. The molecule has 0 fully saturated rings. The number of carbonyl (C=O) groups is 1. The minimum absolute atomic E-state index is 0.214. The van der Waals surface area contributed by atoms with Crippen molar-refractivity contribution in [2.75, 3.05) is 5.01 Å². The van der Waals surface area contributed by atoms with Gasteiger partial charge < -0.3 is 0 Å². The Morgan fingerprint density at radius 1 is 1.22 bits per heavy atom. The molecule has 0 atom stereocenters. The molecule has 1 amide bonds. The molecule has 8 heteroatoms. The Bertz CT molecular complexity index is 683. The summed E-state index contributed by atoms with van der Waals surface area (Å²) in [6, 6.07) is 4.81. The highest BCUT2D eigenvalue weighted by Gasteiger charge is 2.25. The van der Waals surface area contributed by atoms with E-state index in [4.69, 9.17) is 4.55 Å². The van der Waals surface area contributed by atoms with Crippen LogP contribution in [0.5, 0.6) is 0 Å². The molecular formula is C10H6N2O5S. The van der Waals surface area contributed by atoms with Crippen LogP contribution in [0.25, 0.3) is 0 Å². The number of benzene rings is 1. The van der Waals surface area contributed by atoms with Crippen LogP contribution in [0.3, 0.4) is 0 Å². The lowest BCUT2D eigenvalue weighted by atomic mass is 10.3. The topological polar surface area (TPSA) is 104 Å². The summed E-state index contributed by atoms with van der Waals surface area (Å²) in [5, 5.41) is 4.60. The first kappa shape index (κ1) is 12.2. The van der Waals surface area contributed by atoms with Crippen LogP contribution in [-0.2, 0) is 19.7 Å². The van der Waals surface area contributed by atoms with E-state index < -0.39 is 16.0 Å². The van der Waals surface area contributed by atoms with E-state index in [1.54, 1.807) is 0 Å². The molecule has 18 heavy (non-hydrogen) atoms. The molecule has 0 saturated heterocycles. The molecule has 0 aromatic heterocycles. The summed E-state index contributed by atoms with van der Waals surface area (Å²) < 4.78 is 30.4. The van der Waals surface area contributed by atoms with Crippen molar-refractivity contribution in [1.82, 2.24) is 0 Å². The molecule has 2 rings (SSSR count). The van der Waals surface area contributed by atoms with E-state index in [1.807, 2.05) is 0 Å². The first-order valence-electron chi connectivity index (χ1n) is 4.64. The average Bonchev–Trinajstić information content (AvgIpc) is 2.69. The van der Waals surface area contributed by atoms with Crippen LogP contribution in [0.4, 0.5) is 5.69 Å². The van der Waals surface area contributed by atoms with Gasteiger partial charge >= 0.3 is 0 Å². The molecule has 0 unspecified atom stereocenters. The van der Waals surface area contributed by atoms with Crippen LogP contribution in [0, 0.1) is 0 Å². The van der Waals surface area contributed by atoms with Crippen LogP contribution in [-0.4, -0.2) is 31.0 Å². The van der Waals surface area contributed by atoms with Crippen molar-refractivity contribution < 1.29 is 22.6 Å². The summed E-state index contributed by atoms with van der Waals surface area (Å²) in [7, 11) is -4.28. The highest BCUT2D eigenvalue weighted by molar-refractivity contribution is 7.85. The van der Waals surface area contributed by atoms with Crippen LogP contribution < -0.4 is 5.01 Å². The third-order valence-electron chi connectivity index (χ3n) is 2.21. The molecule has 1 aliphatic rings. The zero-order valence-corrected chi connectivity index (χ0v) is 9.59. The summed E-state index contributed by atoms with van der Waals surface area (Å²) in [4.78, 5) is 21.6. The molecule has 92 valence electrons. The SMILES string of the molecule is O=C=C1C=NN(c2ccc(S(=O)(=O)O)cc2)C1=O. The van der Waals surface area contributed by atoms with Gasteiger partial charge in [-0.1, -0.05) is 0 Å². The number of hydrogen-bond donors (Lipinski definition) is 1. The lowest BCUT2D eigenvalue weighted by molar-refractivity contribution is -0.114. The molecule has 7 nitrogen and oxygen atoms in total. The van der Waals surface area contributed by atoms with Gasteiger partial charge in [0, 0.05) is 0 Å². The van der Waals surface area contributed by atoms with Crippen molar-refractivity contribution in [1.29, 1.82) is 0 Å². The van der Waals surface area contributed by atoms with Gasteiger partial charge in [0.2, 0.25) is 0 Å². The Morgan fingerprint density at radius 3 is 2.28 bits per heavy atom. The van der Waals surface area contributed by atoms with Gasteiger partial charge in [0.15, 0.2) is 0 Å². The number of rotatable bonds is 2. The fraction of sp³-hybridized carbons (Fsp3) is 0. The molecule has 1 heterocycles. The standard InChI is InChI=1S/C10H6N2O5S/c13-6-7-5-11-12(10(7)14)8-1-3-9(4-2-8)18(15,16)17/h1-5H,(H,15,16,17). The minimum atomic E-state index is -4.28. The van der Waals surface area contributed by atoms with Crippen molar-refractivity contribution in [2.45, 2.75) is 4.90 Å². The molecule has 1 N–H and O–H groups in total. The maximum absolute atomic E-state index is 11.6. The monoisotopic (exact) mass is 266 g/mol. The second kappa shape index (κ2) is 4.19. The Hall–Kier alpha value is -2.28. The van der Waals surface area contributed by atoms with E-state index in [9.17, 15) is 18.0 Å². The smallest absolute Gasteiger partial charge is 0.282 e. The van der Waals surface area contributed by atoms with Crippen LogP contribution in [0.15, 0.2) is 39.8 Å². The molecule has 0 radical (unpaired) electrons. The second-order valence-corrected chi connectivity index (χ2v) is 4.77. The van der Waals surface area contributed by atoms with E-state index in [2.05, 4.69) is 5.10 Å². The first-order chi connectivity index (χ1) is 8.43. The van der Waals surface area contributed by atoms with Crippen LogP contribution in [0.2, 0.25) is 0 Å². The molecule has 0 spiro atoms. The lowest BCUT2D eigenvalue weighted by Gasteiger charge is -2.11. The Labute approximate surface area is 102 Å². The highest BCUT2D eigenvalue weighted by atomic mass is 32.2. The van der Waals surface area contributed by atoms with Crippen molar-refractivity contribution in [3.63, 3.8) is 0 Å². The molecule has 0 bridgehead atoms. The largest absolute Gasteiger partial charge is 0.294 e. The molecule has 1 aliphatic heterocycles. The number of hydrogen-bond acceptors (Lipinski definition) is 5. The number of hydrazone groups is 1. The third kappa shape index (κ3) is 2.07. The summed E-state index contributed by atoms with van der Waals surface area (Å²) in [5.41, 5.74) is 0.0581. The quantitative estimate of drug-likeness (QED) is 0.461. The fourth-order valence-electron chi connectivity index (χ4n) is 1.35. The zero-order chi connectivity index (χ0) is 13.3. The van der Waals surface area contributed by atoms with Crippen LogP contribution in [0.1, 0.15) is 0 Å². The Kier molecular flexibility index (Phi) is 2.84. The number of anilines is 1. The highest BCUT2D eigenvalue weighted by Crippen LogP contribution is 2.21. The van der Waals surface area contributed by atoms with E-state index in [0.29, 0.717) is 0 Å². The minimum Gasteiger partial charge on any atom is -0.282 e. The summed E-state index contributed by atoms with van der Waals surface area (Å²) in [6.07, 6.45) is 1.06. The van der Waals surface area contributed by atoms with Gasteiger partial charge in [-0.3, -0.25) is 9.35 Å². The van der Waals surface area contributed by atoms with Crippen molar-refractivity contribution in [2.24, 2.45) is 5.10 Å². The Balaban J connectivity index is 2.36. The number of amides is 1. The van der Waals surface area contributed by atoms with Crippen molar-refractivity contribution >= 4 is 33.9 Å². The molecule has 0 aliphatic carbocycles. The number of nitrogens with zero attached hydrogens (tertiary/aromatic N) is 2. The van der Waals surface area contributed by atoms with Gasteiger partial charge in [0.25, 0.3) is 16.0 Å². The van der Waals surface area contributed by atoms with Crippen LogP contribution >= 0.6 is 0 Å². The van der Waals surface area contributed by atoms with Crippen molar-refractivity contribution in [3.05, 3.63) is 29.8 Å². The van der Waals surface area contributed by atoms with Gasteiger partial charge in [0.1, 0.15) is 11.5 Å². The summed E-state index contributed by atoms with van der Waals surface area (Å²) >= 11 is 0. The predicted molar refractivity (Wildman–Crippen MR) is 61.4 cm³/mol. The summed E-state index contributed by atoms with van der Waals surface area (Å²) in [6.45, 7) is 0. The molecule has 1 aromatic carbocycles.